The van der Waals surface area contributed by atoms with Crippen molar-refractivity contribution in [1.29, 1.82) is 0 Å². The molecule has 0 aliphatic carbocycles. The van der Waals surface area contributed by atoms with Gasteiger partial charge in [-0.25, -0.2) is 4.52 Å². The Morgan fingerprint density at radius 3 is 2.63 bits per heavy atom. The molecule has 5 rings (SSSR count). The molecule has 0 aliphatic rings. The van der Waals surface area contributed by atoms with Crippen LogP contribution in [0.4, 0.5) is 5.69 Å². The number of anilines is 1. The number of nitrogens with zero attached hydrogens (tertiary/aromatic N) is 6. The molecule has 2 aromatic carbocycles. The van der Waals surface area contributed by atoms with Gasteiger partial charge in [0.25, 0.3) is 0 Å². The Bertz CT molecular complexity index is 1450. The number of para-hydroxylation sites is 1. The molecule has 0 radical (unpaired) electrons. The van der Waals surface area contributed by atoms with Crippen LogP contribution in [0.25, 0.3) is 22.4 Å². The zero-order valence-corrected chi connectivity index (χ0v) is 20.5. The van der Waals surface area contributed by atoms with Crippen molar-refractivity contribution in [2.75, 3.05) is 24.3 Å². The third-order valence-corrected chi connectivity index (χ3v) is 6.67. The smallest absolute Gasteiger partial charge is 0.237 e. The summed E-state index contributed by atoms with van der Waals surface area (Å²) in [5.74, 6) is 1.11. The average Bonchev–Trinajstić information content (AvgIpc) is 3.52. The molecule has 0 saturated heterocycles. The lowest BCUT2D eigenvalue weighted by atomic mass is 10.1. The quantitative estimate of drug-likeness (QED) is 0.216. The Balaban J connectivity index is 1.33. The van der Waals surface area contributed by atoms with Crippen molar-refractivity contribution in [2.45, 2.75) is 24.9 Å². The van der Waals surface area contributed by atoms with Crippen molar-refractivity contribution in [3.63, 3.8) is 0 Å². The molecule has 0 unspecified atom stereocenters. The summed E-state index contributed by atoms with van der Waals surface area (Å²) in [6, 6.07) is 19.6. The first-order valence-corrected chi connectivity index (χ1v) is 12.5. The summed E-state index contributed by atoms with van der Waals surface area (Å²) in [6.45, 7) is 2.87. The lowest BCUT2D eigenvalue weighted by Gasteiger charge is -2.16. The molecule has 0 fully saturated rings. The number of hydrogen-bond acceptors (Lipinski definition) is 6. The minimum atomic E-state index is -0.00668. The second kappa shape index (κ2) is 10.2. The predicted octanol–water partition coefficient (Wildman–Crippen LogP) is 4.98. The number of amides is 1. The Kier molecular flexibility index (Phi) is 6.67. The molecule has 5 aromatic rings. The van der Waals surface area contributed by atoms with Crippen LogP contribution < -0.4 is 9.64 Å². The highest BCUT2D eigenvalue weighted by Gasteiger charge is 2.16. The van der Waals surface area contributed by atoms with E-state index in [1.54, 1.807) is 16.5 Å². The third kappa shape index (κ3) is 4.85. The Hall–Kier alpha value is -3.85. The van der Waals surface area contributed by atoms with Crippen LogP contribution in [0.3, 0.4) is 0 Å². The fourth-order valence-electron chi connectivity index (χ4n) is 3.71. The van der Waals surface area contributed by atoms with Crippen molar-refractivity contribution >= 4 is 34.5 Å². The first-order chi connectivity index (χ1) is 17.1. The number of benzene rings is 2. The first-order valence-electron chi connectivity index (χ1n) is 11.5. The van der Waals surface area contributed by atoms with E-state index in [-0.39, 0.29) is 11.7 Å². The van der Waals surface area contributed by atoms with Crippen LogP contribution in [0.2, 0.25) is 0 Å². The largest absolute Gasteiger partial charge is 0.494 e. The first kappa shape index (κ1) is 22.9. The Morgan fingerprint density at radius 1 is 1.06 bits per heavy atom. The van der Waals surface area contributed by atoms with Gasteiger partial charge in [0, 0.05) is 30.7 Å². The molecule has 0 bridgehead atoms. The zero-order valence-electron chi connectivity index (χ0n) is 19.7. The van der Waals surface area contributed by atoms with Gasteiger partial charge in [0.05, 0.1) is 18.1 Å². The molecule has 0 spiro atoms. The topological polar surface area (TPSA) is 77.0 Å². The second-order valence-electron chi connectivity index (χ2n) is 8.14. The van der Waals surface area contributed by atoms with E-state index >= 15 is 0 Å². The van der Waals surface area contributed by atoms with Gasteiger partial charge in [-0.15, -0.1) is 10.2 Å². The van der Waals surface area contributed by atoms with E-state index in [9.17, 15) is 4.79 Å². The second-order valence-corrected chi connectivity index (χ2v) is 9.08. The summed E-state index contributed by atoms with van der Waals surface area (Å²) in [5, 5.41) is 14.1. The van der Waals surface area contributed by atoms with Crippen LogP contribution in [0.1, 0.15) is 19.8 Å². The highest BCUT2D eigenvalue weighted by Crippen LogP contribution is 2.26. The van der Waals surface area contributed by atoms with Crippen molar-refractivity contribution < 1.29 is 9.53 Å². The lowest BCUT2D eigenvalue weighted by molar-refractivity contribution is -0.115. The number of aromatic nitrogens is 5. The van der Waals surface area contributed by atoms with E-state index in [2.05, 4.69) is 17.1 Å². The molecular formula is C26H26N6O2S. The number of carbonyl (C=O) groups excluding carboxylic acids is 1. The normalized spacial score (nSPS) is 11.3. The lowest BCUT2D eigenvalue weighted by Crippen LogP contribution is -2.27. The molecule has 0 N–H and O–H groups in total. The summed E-state index contributed by atoms with van der Waals surface area (Å²) in [6.07, 6.45) is 5.90. The maximum Gasteiger partial charge on any atom is 0.237 e. The summed E-state index contributed by atoms with van der Waals surface area (Å²) in [7, 11) is 1.78. The molecule has 3 aromatic heterocycles. The molecule has 0 saturated carbocycles. The van der Waals surface area contributed by atoms with Crippen molar-refractivity contribution in [3.05, 3.63) is 73.1 Å². The standard InChI is InChI=1S/C26H26N6O2S/c1-3-4-16-34-21-12-10-19(11-13-21)22-17-23-25-27-28-26(31(25)14-15-32(23)29-22)35-18-24(33)30(2)20-8-6-5-7-9-20/h5-15,17H,3-4,16,18H2,1-2H3. The number of ether oxygens (including phenoxy) is 1. The van der Waals surface area contributed by atoms with Gasteiger partial charge >= 0.3 is 0 Å². The SMILES string of the molecule is CCCCOc1ccc(-c2cc3c4nnc(SCC(=O)N(C)c5ccccc5)n4ccn3n2)cc1. The average molecular weight is 487 g/mol. The van der Waals surface area contributed by atoms with Crippen LogP contribution in [0.5, 0.6) is 5.75 Å². The minimum Gasteiger partial charge on any atom is -0.494 e. The van der Waals surface area contributed by atoms with Gasteiger partial charge in [0.15, 0.2) is 10.8 Å². The maximum absolute atomic E-state index is 12.7. The van der Waals surface area contributed by atoms with Gasteiger partial charge in [-0.2, -0.15) is 5.10 Å². The molecule has 0 atom stereocenters. The highest BCUT2D eigenvalue weighted by molar-refractivity contribution is 7.99. The van der Waals surface area contributed by atoms with Crippen LogP contribution >= 0.6 is 11.8 Å². The van der Waals surface area contributed by atoms with E-state index in [1.807, 2.05) is 77.5 Å². The van der Waals surface area contributed by atoms with Gasteiger partial charge in [-0.05, 0) is 48.9 Å². The molecular weight excluding hydrogens is 460 g/mol. The van der Waals surface area contributed by atoms with E-state index in [1.165, 1.54) is 11.8 Å². The van der Waals surface area contributed by atoms with Gasteiger partial charge in [0.2, 0.25) is 5.91 Å². The van der Waals surface area contributed by atoms with Gasteiger partial charge in [0.1, 0.15) is 11.3 Å². The van der Waals surface area contributed by atoms with E-state index in [4.69, 9.17) is 9.84 Å². The van der Waals surface area contributed by atoms with Crippen LogP contribution in [0, 0.1) is 0 Å². The number of unbranched alkanes of at least 4 members (excludes halogenated alkanes) is 1. The maximum atomic E-state index is 12.7. The van der Waals surface area contributed by atoms with Gasteiger partial charge in [-0.3, -0.25) is 9.20 Å². The number of rotatable bonds is 9. The van der Waals surface area contributed by atoms with Crippen LogP contribution in [-0.2, 0) is 4.79 Å². The van der Waals surface area contributed by atoms with Crippen molar-refractivity contribution in [2.24, 2.45) is 0 Å². The molecule has 3 heterocycles. The number of thioether (sulfide) groups is 1. The summed E-state index contributed by atoms with van der Waals surface area (Å²) >= 11 is 1.36. The fourth-order valence-corrected chi connectivity index (χ4v) is 4.54. The summed E-state index contributed by atoms with van der Waals surface area (Å²) in [4.78, 5) is 14.3. The summed E-state index contributed by atoms with van der Waals surface area (Å²) < 4.78 is 9.45. The monoisotopic (exact) mass is 486 g/mol. The van der Waals surface area contributed by atoms with E-state index < -0.39 is 0 Å². The third-order valence-electron chi connectivity index (χ3n) is 5.75. The number of hydrogen-bond donors (Lipinski definition) is 0. The van der Waals surface area contributed by atoms with Crippen molar-refractivity contribution in [3.8, 4) is 17.0 Å². The molecule has 35 heavy (non-hydrogen) atoms. The minimum absolute atomic E-state index is 0.00668. The number of carbonyl (C=O) groups is 1. The molecule has 0 aliphatic heterocycles. The highest BCUT2D eigenvalue weighted by atomic mass is 32.2. The fraction of sp³-hybridized carbons (Fsp3) is 0.231. The molecule has 1 amide bonds. The van der Waals surface area contributed by atoms with Gasteiger partial charge in [-0.1, -0.05) is 43.3 Å². The van der Waals surface area contributed by atoms with E-state index in [0.717, 1.165) is 47.7 Å². The van der Waals surface area contributed by atoms with Gasteiger partial charge < -0.3 is 9.64 Å². The van der Waals surface area contributed by atoms with Crippen LogP contribution in [-0.4, -0.2) is 49.5 Å². The predicted molar refractivity (Wildman–Crippen MR) is 138 cm³/mol. The number of fused-ring (bicyclic) bond motifs is 3. The summed E-state index contributed by atoms with van der Waals surface area (Å²) in [5.41, 5.74) is 4.24. The zero-order chi connectivity index (χ0) is 24.2. The Labute approximate surface area is 207 Å². The Morgan fingerprint density at radius 2 is 1.86 bits per heavy atom. The van der Waals surface area contributed by atoms with Crippen molar-refractivity contribution in [1.82, 2.24) is 24.2 Å². The van der Waals surface area contributed by atoms with Crippen LogP contribution in [0.15, 0.2) is 78.2 Å². The van der Waals surface area contributed by atoms with E-state index in [0.29, 0.717) is 10.8 Å². The molecule has 8 nitrogen and oxygen atoms in total. The molecule has 178 valence electrons. The molecule has 9 heteroatoms.